The van der Waals surface area contributed by atoms with Crippen LogP contribution in [0.5, 0.6) is 0 Å². The summed E-state index contributed by atoms with van der Waals surface area (Å²) < 4.78 is 0. The van der Waals surface area contributed by atoms with Crippen molar-refractivity contribution in [2.45, 2.75) is 6.42 Å². The summed E-state index contributed by atoms with van der Waals surface area (Å²) in [5, 5.41) is 7.56. The summed E-state index contributed by atoms with van der Waals surface area (Å²) in [6, 6.07) is 17.9. The summed E-state index contributed by atoms with van der Waals surface area (Å²) in [4.78, 5) is 2.23. The summed E-state index contributed by atoms with van der Waals surface area (Å²) in [6.07, 6.45) is 0.996. The maximum Gasteiger partial charge on any atom is 0.170 e. The minimum atomic E-state index is 0.593. The number of rotatable bonds is 6. The van der Waals surface area contributed by atoms with Crippen LogP contribution < -0.4 is 15.5 Å². The van der Waals surface area contributed by atoms with Gasteiger partial charge in [0.05, 0.1) is 10.7 Å². The second-order valence-electron chi connectivity index (χ2n) is 4.97. The molecule has 0 saturated heterocycles. The SMILES string of the molecule is CN(CCCNC(=S)Nc1ccccc1Cl)c1ccccc1. The van der Waals surface area contributed by atoms with Crippen LogP contribution in [-0.2, 0) is 0 Å². The van der Waals surface area contributed by atoms with E-state index in [-0.39, 0.29) is 0 Å². The van der Waals surface area contributed by atoms with E-state index < -0.39 is 0 Å². The monoisotopic (exact) mass is 333 g/mol. The van der Waals surface area contributed by atoms with E-state index in [9.17, 15) is 0 Å². The molecule has 2 aromatic rings. The van der Waals surface area contributed by atoms with Crippen LogP contribution in [0.2, 0.25) is 5.02 Å². The number of para-hydroxylation sites is 2. The van der Waals surface area contributed by atoms with Crippen molar-refractivity contribution in [2.24, 2.45) is 0 Å². The molecule has 0 fully saturated rings. The van der Waals surface area contributed by atoms with E-state index in [1.807, 2.05) is 42.5 Å². The Morgan fingerprint density at radius 2 is 1.77 bits per heavy atom. The predicted molar refractivity (Wildman–Crippen MR) is 100 cm³/mol. The van der Waals surface area contributed by atoms with Crippen LogP contribution in [0, 0.1) is 0 Å². The summed E-state index contributed by atoms with van der Waals surface area (Å²) in [5.74, 6) is 0. The van der Waals surface area contributed by atoms with Crippen molar-refractivity contribution in [3.63, 3.8) is 0 Å². The standard InChI is InChI=1S/C17H20ClN3S/c1-21(14-8-3-2-4-9-14)13-7-12-19-17(22)20-16-11-6-5-10-15(16)18/h2-6,8-11H,7,12-13H2,1H3,(H2,19,20,22). The minimum Gasteiger partial charge on any atom is -0.375 e. The molecule has 0 aromatic heterocycles. The third kappa shape index (κ3) is 5.20. The Kier molecular flexibility index (Phi) is 6.49. The molecule has 0 heterocycles. The van der Waals surface area contributed by atoms with E-state index in [1.54, 1.807) is 0 Å². The number of hydrogen-bond donors (Lipinski definition) is 2. The van der Waals surface area contributed by atoms with Gasteiger partial charge in [-0.05, 0) is 42.9 Å². The van der Waals surface area contributed by atoms with E-state index >= 15 is 0 Å². The molecule has 116 valence electrons. The van der Waals surface area contributed by atoms with Crippen molar-refractivity contribution in [2.75, 3.05) is 30.4 Å². The van der Waals surface area contributed by atoms with Gasteiger partial charge in [-0.3, -0.25) is 0 Å². The highest BCUT2D eigenvalue weighted by Crippen LogP contribution is 2.20. The second-order valence-corrected chi connectivity index (χ2v) is 5.79. The number of hydrogen-bond acceptors (Lipinski definition) is 2. The van der Waals surface area contributed by atoms with Gasteiger partial charge >= 0.3 is 0 Å². The van der Waals surface area contributed by atoms with Crippen LogP contribution in [0.25, 0.3) is 0 Å². The molecule has 0 aliphatic carbocycles. The molecule has 0 aliphatic heterocycles. The van der Waals surface area contributed by atoms with Gasteiger partial charge in [-0.15, -0.1) is 0 Å². The minimum absolute atomic E-state index is 0.593. The lowest BCUT2D eigenvalue weighted by atomic mass is 10.3. The summed E-state index contributed by atoms with van der Waals surface area (Å²) in [5.41, 5.74) is 2.04. The maximum atomic E-state index is 6.08. The molecule has 0 aliphatic rings. The number of halogens is 1. The third-order valence-corrected chi connectivity index (χ3v) is 3.85. The number of anilines is 2. The number of nitrogens with one attached hydrogen (secondary N) is 2. The number of nitrogens with zero attached hydrogens (tertiary/aromatic N) is 1. The first-order chi connectivity index (χ1) is 10.7. The van der Waals surface area contributed by atoms with Gasteiger partial charge in [-0.25, -0.2) is 0 Å². The normalized spacial score (nSPS) is 10.1. The van der Waals surface area contributed by atoms with Crippen LogP contribution in [0.4, 0.5) is 11.4 Å². The molecule has 3 nitrogen and oxygen atoms in total. The van der Waals surface area contributed by atoms with Gasteiger partial charge in [0.25, 0.3) is 0 Å². The molecule has 2 N–H and O–H groups in total. The fraction of sp³-hybridized carbons (Fsp3) is 0.235. The molecule has 0 unspecified atom stereocenters. The summed E-state index contributed by atoms with van der Waals surface area (Å²) >= 11 is 11.4. The van der Waals surface area contributed by atoms with E-state index in [2.05, 4.69) is 34.7 Å². The van der Waals surface area contributed by atoms with Crippen molar-refractivity contribution >= 4 is 40.3 Å². The van der Waals surface area contributed by atoms with Crippen molar-refractivity contribution in [1.29, 1.82) is 0 Å². The van der Waals surface area contributed by atoms with Crippen LogP contribution in [-0.4, -0.2) is 25.2 Å². The maximum absolute atomic E-state index is 6.08. The average Bonchev–Trinajstić information content (AvgIpc) is 2.54. The molecule has 2 aromatic carbocycles. The van der Waals surface area contributed by atoms with Gasteiger partial charge < -0.3 is 15.5 Å². The highest BCUT2D eigenvalue weighted by molar-refractivity contribution is 7.80. The van der Waals surface area contributed by atoms with Crippen molar-refractivity contribution in [1.82, 2.24) is 5.32 Å². The van der Waals surface area contributed by atoms with E-state index in [4.69, 9.17) is 23.8 Å². The zero-order valence-electron chi connectivity index (χ0n) is 12.6. The molecule has 22 heavy (non-hydrogen) atoms. The lowest BCUT2D eigenvalue weighted by Crippen LogP contribution is -2.31. The molecule has 0 bridgehead atoms. The summed E-state index contributed by atoms with van der Waals surface area (Å²) in [6.45, 7) is 1.78. The van der Waals surface area contributed by atoms with E-state index in [0.29, 0.717) is 10.1 Å². The Morgan fingerprint density at radius 3 is 2.50 bits per heavy atom. The zero-order valence-corrected chi connectivity index (χ0v) is 14.1. The topological polar surface area (TPSA) is 27.3 Å². The van der Waals surface area contributed by atoms with Crippen molar-refractivity contribution < 1.29 is 0 Å². The van der Waals surface area contributed by atoms with Crippen molar-refractivity contribution in [3.05, 3.63) is 59.6 Å². The molecule has 2 rings (SSSR count). The Morgan fingerprint density at radius 1 is 1.09 bits per heavy atom. The predicted octanol–water partition coefficient (Wildman–Crippen LogP) is 4.15. The smallest absolute Gasteiger partial charge is 0.170 e. The van der Waals surface area contributed by atoms with Gasteiger partial charge in [0.1, 0.15) is 0 Å². The number of thiocarbonyl (C=S) groups is 1. The largest absolute Gasteiger partial charge is 0.375 e. The lowest BCUT2D eigenvalue weighted by molar-refractivity contribution is 0.755. The molecule has 0 saturated carbocycles. The van der Waals surface area contributed by atoms with Gasteiger partial charge in [-0.1, -0.05) is 41.9 Å². The zero-order chi connectivity index (χ0) is 15.8. The van der Waals surface area contributed by atoms with Gasteiger partial charge in [0, 0.05) is 25.8 Å². The second kappa shape index (κ2) is 8.61. The molecule has 5 heteroatoms. The highest BCUT2D eigenvalue weighted by atomic mass is 35.5. The lowest BCUT2D eigenvalue weighted by Gasteiger charge is -2.19. The first kappa shape index (κ1) is 16.6. The number of benzene rings is 2. The van der Waals surface area contributed by atoms with Gasteiger partial charge in [0.15, 0.2) is 5.11 Å². The average molecular weight is 334 g/mol. The fourth-order valence-corrected chi connectivity index (χ4v) is 2.45. The van der Waals surface area contributed by atoms with E-state index in [0.717, 1.165) is 25.2 Å². The summed E-state index contributed by atoms with van der Waals surface area (Å²) in [7, 11) is 2.09. The van der Waals surface area contributed by atoms with Crippen molar-refractivity contribution in [3.8, 4) is 0 Å². The molecule has 0 spiro atoms. The van der Waals surface area contributed by atoms with Crippen LogP contribution in [0.1, 0.15) is 6.42 Å². The Balaban J connectivity index is 1.68. The molecule has 0 atom stereocenters. The Hall–Kier alpha value is -1.78. The molecular formula is C17H20ClN3S. The van der Waals surface area contributed by atoms with Crippen LogP contribution >= 0.6 is 23.8 Å². The first-order valence-electron chi connectivity index (χ1n) is 7.22. The van der Waals surface area contributed by atoms with Gasteiger partial charge in [-0.2, -0.15) is 0 Å². The van der Waals surface area contributed by atoms with Crippen LogP contribution in [0.3, 0.4) is 0 Å². The molecular weight excluding hydrogens is 314 g/mol. The molecule has 0 amide bonds. The quantitative estimate of drug-likeness (QED) is 0.613. The highest BCUT2D eigenvalue weighted by Gasteiger charge is 2.02. The first-order valence-corrected chi connectivity index (χ1v) is 8.01. The third-order valence-electron chi connectivity index (χ3n) is 3.27. The Bertz CT molecular complexity index is 604. The Labute approximate surface area is 142 Å². The fourth-order valence-electron chi connectivity index (χ4n) is 2.06. The molecule has 0 radical (unpaired) electrons. The van der Waals surface area contributed by atoms with Crippen LogP contribution in [0.15, 0.2) is 54.6 Å². The van der Waals surface area contributed by atoms with E-state index in [1.165, 1.54) is 5.69 Å². The van der Waals surface area contributed by atoms with Gasteiger partial charge in [0.2, 0.25) is 0 Å².